The maximum atomic E-state index is 11.8. The molecule has 5 atom stereocenters. The Morgan fingerprint density at radius 2 is 2.00 bits per heavy atom. The van der Waals surface area contributed by atoms with E-state index < -0.39 is 6.10 Å². The molecule has 0 unspecified atom stereocenters. The molecule has 2 aromatic carbocycles. The van der Waals surface area contributed by atoms with Gasteiger partial charge in [0.2, 0.25) is 0 Å². The second-order valence-electron chi connectivity index (χ2n) is 9.54. The van der Waals surface area contributed by atoms with Gasteiger partial charge in [-0.1, -0.05) is 43.3 Å². The molecule has 4 heterocycles. The lowest BCUT2D eigenvalue weighted by atomic mass is 9.71. The summed E-state index contributed by atoms with van der Waals surface area (Å²) in [4.78, 5) is 4.52. The van der Waals surface area contributed by atoms with E-state index in [1.165, 1.54) is 12.0 Å². The van der Waals surface area contributed by atoms with Crippen LogP contribution in [-0.2, 0) is 6.54 Å². The summed E-state index contributed by atoms with van der Waals surface area (Å²) in [6.45, 7) is 8.82. The van der Waals surface area contributed by atoms with Crippen LogP contribution >= 0.6 is 0 Å². The van der Waals surface area contributed by atoms with Crippen LogP contribution in [0.25, 0.3) is 10.9 Å². The number of aromatic nitrogens is 1. The van der Waals surface area contributed by atoms with Gasteiger partial charge < -0.3 is 19.4 Å². The average Bonchev–Trinajstić information content (AvgIpc) is 2.88. The summed E-state index contributed by atoms with van der Waals surface area (Å²) in [6, 6.07) is 18.8. The van der Waals surface area contributed by atoms with Gasteiger partial charge >= 0.3 is 0 Å². The number of fused-ring (bicyclic) bond motifs is 4. The minimum Gasteiger partial charge on any atom is -0.855 e. The SMILES string of the molecule is C=C[C@H]1C[N@+]2(Cc3ccccc3)CC[C@H]1C[C@H]2[C@H](O)c1ccnc2ccc(OC)cc12.CC[O-]. The standard InChI is InChI=1S/C27H31N2O2.C2H5O/c1-3-20-18-29(17-19-7-5-4-6-8-19)14-12-21(20)15-26(29)27(30)23-11-13-28-25-10-9-22(31-2)16-24(23)25;1-2-3/h3-11,13,16,20-21,26-27,30H,1,12,14-15,17-18H2,2H3;2H2,1H3/q+1;-1/t20-,21-,26-,27+,29+;/m0./s1. The minimum absolute atomic E-state index is 0. The lowest BCUT2D eigenvalue weighted by Gasteiger charge is -2.58. The number of hydrogen-bond acceptors (Lipinski definition) is 4. The van der Waals surface area contributed by atoms with Crippen molar-refractivity contribution in [1.29, 1.82) is 0 Å². The van der Waals surface area contributed by atoms with Crippen molar-refractivity contribution in [2.75, 3.05) is 26.8 Å². The maximum absolute atomic E-state index is 11.8. The molecular weight excluding hydrogens is 424 g/mol. The molecule has 0 saturated carbocycles. The Kier molecular flexibility index (Phi) is 7.67. The molecule has 3 aliphatic heterocycles. The number of hydrogen-bond donors (Lipinski definition) is 1. The number of piperidine rings is 3. The molecule has 1 aromatic heterocycles. The van der Waals surface area contributed by atoms with Gasteiger partial charge in [0.1, 0.15) is 24.4 Å². The van der Waals surface area contributed by atoms with Crippen LogP contribution in [0.1, 0.15) is 37.0 Å². The van der Waals surface area contributed by atoms with Gasteiger partial charge in [0.05, 0.1) is 25.7 Å². The summed E-state index contributed by atoms with van der Waals surface area (Å²) in [5.74, 6) is 1.92. The highest BCUT2D eigenvalue weighted by Crippen LogP contribution is 2.48. The van der Waals surface area contributed by atoms with Gasteiger partial charge in [-0.25, -0.2) is 0 Å². The highest BCUT2D eigenvalue weighted by Gasteiger charge is 2.53. The molecule has 3 saturated heterocycles. The van der Waals surface area contributed by atoms with Gasteiger partial charge in [-0.2, -0.15) is 0 Å². The molecule has 3 aromatic rings. The number of methoxy groups -OCH3 is 1. The molecule has 3 fully saturated rings. The molecule has 0 amide bonds. The predicted molar refractivity (Wildman–Crippen MR) is 134 cm³/mol. The third-order valence-corrected chi connectivity index (χ3v) is 7.68. The van der Waals surface area contributed by atoms with Crippen molar-refractivity contribution in [3.63, 3.8) is 0 Å². The largest absolute Gasteiger partial charge is 0.855 e. The smallest absolute Gasteiger partial charge is 0.131 e. The zero-order valence-corrected chi connectivity index (χ0v) is 20.3. The van der Waals surface area contributed by atoms with Crippen LogP contribution < -0.4 is 9.84 Å². The molecule has 0 spiro atoms. The van der Waals surface area contributed by atoms with E-state index in [1.807, 2.05) is 30.5 Å². The summed E-state index contributed by atoms with van der Waals surface area (Å²) in [5.41, 5.74) is 3.19. The van der Waals surface area contributed by atoms with Gasteiger partial charge in [-0.05, 0) is 35.7 Å². The first-order chi connectivity index (χ1) is 16.5. The van der Waals surface area contributed by atoms with Crippen LogP contribution in [0.2, 0.25) is 0 Å². The number of benzene rings is 2. The first-order valence-electron chi connectivity index (χ1n) is 12.3. The van der Waals surface area contributed by atoms with Crippen molar-refractivity contribution < 1.29 is 19.4 Å². The summed E-state index contributed by atoms with van der Waals surface area (Å²) >= 11 is 0. The molecule has 2 bridgehead atoms. The molecule has 180 valence electrons. The van der Waals surface area contributed by atoms with Crippen molar-refractivity contribution in [2.24, 2.45) is 11.8 Å². The highest BCUT2D eigenvalue weighted by atomic mass is 16.5. The fourth-order valence-electron chi connectivity index (χ4n) is 6.07. The Hall–Kier alpha value is -2.73. The van der Waals surface area contributed by atoms with Crippen LogP contribution in [0.3, 0.4) is 0 Å². The quantitative estimate of drug-likeness (QED) is 0.441. The van der Waals surface area contributed by atoms with E-state index in [-0.39, 0.29) is 12.6 Å². The van der Waals surface area contributed by atoms with Crippen LogP contribution in [0.5, 0.6) is 5.75 Å². The van der Waals surface area contributed by atoms with Gasteiger partial charge in [-0.15, -0.1) is 13.2 Å². The lowest BCUT2D eigenvalue weighted by Crippen LogP contribution is -2.67. The third-order valence-electron chi connectivity index (χ3n) is 7.68. The van der Waals surface area contributed by atoms with Gasteiger partial charge in [0, 0.05) is 35.9 Å². The number of rotatable bonds is 6. The molecule has 5 heteroatoms. The summed E-state index contributed by atoms with van der Waals surface area (Å²) in [5, 5.41) is 21.7. The lowest BCUT2D eigenvalue weighted by molar-refractivity contribution is -0.984. The second kappa shape index (κ2) is 10.7. The molecule has 0 aliphatic carbocycles. The summed E-state index contributed by atoms with van der Waals surface area (Å²) < 4.78 is 6.38. The zero-order chi connectivity index (χ0) is 24.1. The number of aliphatic hydroxyl groups is 1. The van der Waals surface area contributed by atoms with Crippen molar-refractivity contribution in [3.8, 4) is 5.75 Å². The molecule has 34 heavy (non-hydrogen) atoms. The Morgan fingerprint density at radius 1 is 1.24 bits per heavy atom. The van der Waals surface area contributed by atoms with E-state index in [0.29, 0.717) is 11.8 Å². The number of quaternary nitrogens is 1. The average molecular weight is 461 g/mol. The third kappa shape index (κ3) is 4.74. The Balaban J connectivity index is 0.000000868. The molecule has 0 radical (unpaired) electrons. The minimum atomic E-state index is -0.546. The monoisotopic (exact) mass is 460 g/mol. The zero-order valence-electron chi connectivity index (χ0n) is 20.3. The fraction of sp³-hybridized carbons (Fsp3) is 0.414. The number of aliphatic hydroxyl groups excluding tert-OH is 1. The van der Waals surface area contributed by atoms with E-state index in [4.69, 9.17) is 9.84 Å². The first-order valence-corrected chi connectivity index (χ1v) is 12.3. The maximum Gasteiger partial charge on any atom is 0.131 e. The summed E-state index contributed by atoms with van der Waals surface area (Å²) in [6.07, 6.45) is 5.65. The van der Waals surface area contributed by atoms with E-state index in [1.54, 1.807) is 14.0 Å². The van der Waals surface area contributed by atoms with E-state index in [2.05, 4.69) is 48.0 Å². The number of pyridine rings is 1. The number of ether oxygens (including phenoxy) is 1. The van der Waals surface area contributed by atoms with Crippen LogP contribution in [0.4, 0.5) is 0 Å². The van der Waals surface area contributed by atoms with Crippen molar-refractivity contribution in [1.82, 2.24) is 4.98 Å². The fourth-order valence-corrected chi connectivity index (χ4v) is 6.07. The van der Waals surface area contributed by atoms with Crippen LogP contribution in [0.15, 0.2) is 73.4 Å². The van der Waals surface area contributed by atoms with E-state index in [0.717, 1.165) is 52.8 Å². The highest BCUT2D eigenvalue weighted by molar-refractivity contribution is 5.83. The second-order valence-corrected chi connectivity index (χ2v) is 9.54. The topological polar surface area (TPSA) is 65.4 Å². The van der Waals surface area contributed by atoms with E-state index in [9.17, 15) is 5.11 Å². The molecule has 3 aliphatic rings. The molecule has 6 rings (SSSR count). The predicted octanol–water partition coefficient (Wildman–Crippen LogP) is 4.25. The normalized spacial score (nSPS) is 26.4. The summed E-state index contributed by atoms with van der Waals surface area (Å²) in [7, 11) is 1.68. The molecule has 5 nitrogen and oxygen atoms in total. The van der Waals surface area contributed by atoms with Crippen molar-refractivity contribution in [3.05, 3.63) is 84.6 Å². The first kappa shape index (κ1) is 24.4. The van der Waals surface area contributed by atoms with Crippen molar-refractivity contribution in [2.45, 2.75) is 38.5 Å². The Labute approximate surface area is 202 Å². The van der Waals surface area contributed by atoms with Crippen molar-refractivity contribution >= 4 is 10.9 Å². The van der Waals surface area contributed by atoms with Gasteiger partial charge in [-0.3, -0.25) is 4.98 Å². The Morgan fingerprint density at radius 3 is 2.71 bits per heavy atom. The van der Waals surface area contributed by atoms with E-state index >= 15 is 0 Å². The molecule has 1 N–H and O–H groups in total. The molecular formula is C29H36N2O3. The number of nitrogens with zero attached hydrogens (tertiary/aromatic N) is 2. The van der Waals surface area contributed by atoms with Crippen LogP contribution in [0, 0.1) is 11.8 Å². The Bertz CT molecular complexity index is 1100. The van der Waals surface area contributed by atoms with Gasteiger partial charge in [0.25, 0.3) is 0 Å². The van der Waals surface area contributed by atoms with Gasteiger partial charge in [0.15, 0.2) is 0 Å². The van der Waals surface area contributed by atoms with Crippen LogP contribution in [-0.4, -0.2) is 47.4 Å².